The molecule has 0 aromatic heterocycles. The zero-order valence-corrected chi connectivity index (χ0v) is 10.4. The third kappa shape index (κ3) is 3.41. The van der Waals surface area contributed by atoms with Crippen molar-refractivity contribution in [3.05, 3.63) is 34.4 Å². The molecular weight excluding hydrogens is 262 g/mol. The van der Waals surface area contributed by atoms with E-state index in [-0.39, 0.29) is 17.5 Å². The van der Waals surface area contributed by atoms with Gasteiger partial charge in [-0.05, 0) is 18.6 Å². The predicted octanol–water partition coefficient (Wildman–Crippen LogP) is 3.04. The first-order valence-corrected chi connectivity index (χ1v) is 5.69. The maximum atomic E-state index is 13.4. The van der Waals surface area contributed by atoms with Crippen LogP contribution in [0.1, 0.15) is 30.1 Å². The molecule has 1 unspecified atom stereocenters. The smallest absolute Gasteiger partial charge is 0.254 e. The van der Waals surface area contributed by atoms with Gasteiger partial charge in [0.15, 0.2) is 0 Å². The van der Waals surface area contributed by atoms with Crippen LogP contribution in [0.25, 0.3) is 0 Å². The van der Waals surface area contributed by atoms with Gasteiger partial charge < -0.3 is 5.32 Å². The highest BCUT2D eigenvalue weighted by Gasteiger charge is 2.18. The van der Waals surface area contributed by atoms with Crippen LogP contribution in [0, 0.1) is 23.0 Å². The fraction of sp³-hybridized carbons (Fsp3) is 0.333. The Bertz CT molecular complexity index is 500. The Labute approximate surface area is 108 Å². The summed E-state index contributed by atoms with van der Waals surface area (Å²) in [4.78, 5) is 11.7. The summed E-state index contributed by atoms with van der Waals surface area (Å²) in [5, 5.41) is 10.6. The minimum Gasteiger partial charge on any atom is -0.348 e. The molecule has 0 radical (unpaired) electrons. The van der Waals surface area contributed by atoms with Crippen molar-refractivity contribution in [1.29, 1.82) is 5.26 Å². The molecule has 1 aromatic rings. The van der Waals surface area contributed by atoms with Gasteiger partial charge >= 0.3 is 0 Å². The quantitative estimate of drug-likeness (QED) is 0.857. The first-order valence-electron chi connectivity index (χ1n) is 5.32. The lowest BCUT2D eigenvalue weighted by atomic mass is 10.1. The number of hydrogen-bond acceptors (Lipinski definition) is 2. The first kappa shape index (κ1) is 14.4. The lowest BCUT2D eigenvalue weighted by Gasteiger charge is -2.14. The topological polar surface area (TPSA) is 52.9 Å². The van der Waals surface area contributed by atoms with Crippen LogP contribution in [0.3, 0.4) is 0 Å². The fourth-order valence-corrected chi connectivity index (χ4v) is 1.52. The molecule has 1 N–H and O–H groups in total. The third-order valence-electron chi connectivity index (χ3n) is 2.42. The Morgan fingerprint density at radius 1 is 1.50 bits per heavy atom. The normalized spacial score (nSPS) is 11.7. The van der Waals surface area contributed by atoms with Crippen molar-refractivity contribution >= 4 is 17.5 Å². The van der Waals surface area contributed by atoms with Crippen LogP contribution in [0.4, 0.5) is 8.78 Å². The lowest BCUT2D eigenvalue weighted by Crippen LogP contribution is -2.34. The van der Waals surface area contributed by atoms with E-state index >= 15 is 0 Å². The van der Waals surface area contributed by atoms with Crippen LogP contribution in [0.15, 0.2) is 12.1 Å². The molecule has 0 saturated heterocycles. The molecule has 18 heavy (non-hydrogen) atoms. The van der Waals surface area contributed by atoms with Gasteiger partial charge in [0.25, 0.3) is 5.91 Å². The Balaban J connectivity index is 2.91. The highest BCUT2D eigenvalue weighted by atomic mass is 35.5. The number of nitrogens with one attached hydrogen (secondary N) is 1. The summed E-state index contributed by atoms with van der Waals surface area (Å²) in [7, 11) is 0. The molecule has 0 aliphatic heterocycles. The van der Waals surface area contributed by atoms with Gasteiger partial charge in [-0.2, -0.15) is 5.26 Å². The summed E-state index contributed by atoms with van der Waals surface area (Å²) in [5.41, 5.74) is -0.423. The lowest BCUT2D eigenvalue weighted by molar-refractivity contribution is 0.0932. The number of rotatable bonds is 4. The Kier molecular flexibility index (Phi) is 5.05. The van der Waals surface area contributed by atoms with E-state index in [2.05, 4.69) is 5.32 Å². The SMILES string of the molecule is CCC(CC#N)NC(=O)c1cc(F)c(Cl)cc1F. The molecule has 0 saturated carbocycles. The van der Waals surface area contributed by atoms with Gasteiger partial charge in [-0.1, -0.05) is 18.5 Å². The summed E-state index contributed by atoms with van der Waals surface area (Å²) in [6.45, 7) is 1.78. The molecule has 0 fully saturated rings. The molecule has 0 bridgehead atoms. The molecule has 1 atom stereocenters. The number of hydrogen-bond donors (Lipinski definition) is 1. The van der Waals surface area contributed by atoms with Crippen LogP contribution in [0.5, 0.6) is 0 Å². The van der Waals surface area contributed by atoms with Crippen molar-refractivity contribution in [1.82, 2.24) is 5.32 Å². The molecule has 0 heterocycles. The average Bonchev–Trinajstić information content (AvgIpc) is 2.33. The molecule has 0 spiro atoms. The summed E-state index contributed by atoms with van der Waals surface area (Å²) >= 11 is 5.38. The van der Waals surface area contributed by atoms with E-state index in [1.54, 1.807) is 6.92 Å². The molecule has 0 aliphatic carbocycles. The van der Waals surface area contributed by atoms with Crippen LogP contribution in [0.2, 0.25) is 5.02 Å². The van der Waals surface area contributed by atoms with Crippen molar-refractivity contribution in [2.24, 2.45) is 0 Å². The van der Waals surface area contributed by atoms with E-state index in [0.717, 1.165) is 12.1 Å². The number of halogens is 3. The molecule has 1 aromatic carbocycles. The Hall–Kier alpha value is -1.67. The van der Waals surface area contributed by atoms with Gasteiger partial charge in [-0.25, -0.2) is 8.78 Å². The first-order chi connectivity index (χ1) is 8.49. The van der Waals surface area contributed by atoms with Gasteiger partial charge in [-0.15, -0.1) is 0 Å². The molecular formula is C12H11ClF2N2O. The van der Waals surface area contributed by atoms with Gasteiger partial charge in [0, 0.05) is 6.04 Å². The summed E-state index contributed by atoms with van der Waals surface area (Å²) in [6.07, 6.45) is 0.636. The second-order valence-electron chi connectivity index (χ2n) is 3.69. The van der Waals surface area contributed by atoms with Crippen molar-refractivity contribution in [3.8, 4) is 6.07 Å². The number of benzene rings is 1. The maximum absolute atomic E-state index is 13.4. The number of carbonyl (C=O) groups excluding carboxylic acids is 1. The number of nitrogens with zero attached hydrogens (tertiary/aromatic N) is 1. The molecule has 96 valence electrons. The van der Waals surface area contributed by atoms with E-state index in [1.807, 2.05) is 6.07 Å². The van der Waals surface area contributed by atoms with Gasteiger partial charge in [-0.3, -0.25) is 4.79 Å². The average molecular weight is 273 g/mol. The molecule has 3 nitrogen and oxygen atoms in total. The highest BCUT2D eigenvalue weighted by molar-refractivity contribution is 6.30. The zero-order chi connectivity index (χ0) is 13.7. The predicted molar refractivity (Wildman–Crippen MR) is 63.1 cm³/mol. The van der Waals surface area contributed by atoms with Gasteiger partial charge in [0.2, 0.25) is 0 Å². The van der Waals surface area contributed by atoms with Crippen molar-refractivity contribution in [3.63, 3.8) is 0 Å². The van der Waals surface area contributed by atoms with Crippen LogP contribution < -0.4 is 5.32 Å². The Morgan fingerprint density at radius 2 is 2.17 bits per heavy atom. The van der Waals surface area contributed by atoms with Gasteiger partial charge in [0.05, 0.1) is 23.1 Å². The highest BCUT2D eigenvalue weighted by Crippen LogP contribution is 2.19. The van der Waals surface area contributed by atoms with Gasteiger partial charge in [0.1, 0.15) is 11.6 Å². The zero-order valence-electron chi connectivity index (χ0n) is 9.64. The Morgan fingerprint density at radius 3 is 2.72 bits per heavy atom. The van der Waals surface area contributed by atoms with E-state index in [1.165, 1.54) is 0 Å². The minimum absolute atomic E-state index is 0.111. The van der Waals surface area contributed by atoms with Crippen molar-refractivity contribution in [2.75, 3.05) is 0 Å². The van der Waals surface area contributed by atoms with Crippen LogP contribution >= 0.6 is 11.6 Å². The van der Waals surface area contributed by atoms with Crippen LogP contribution in [-0.2, 0) is 0 Å². The third-order valence-corrected chi connectivity index (χ3v) is 2.71. The summed E-state index contributed by atoms with van der Waals surface area (Å²) in [5.74, 6) is -2.52. The number of amides is 1. The van der Waals surface area contributed by atoms with E-state index in [9.17, 15) is 13.6 Å². The van der Waals surface area contributed by atoms with E-state index < -0.39 is 23.1 Å². The second kappa shape index (κ2) is 6.31. The second-order valence-corrected chi connectivity index (χ2v) is 4.09. The minimum atomic E-state index is -0.897. The molecule has 6 heteroatoms. The maximum Gasteiger partial charge on any atom is 0.254 e. The molecule has 1 rings (SSSR count). The van der Waals surface area contributed by atoms with Crippen molar-refractivity contribution in [2.45, 2.75) is 25.8 Å². The van der Waals surface area contributed by atoms with E-state index in [0.29, 0.717) is 6.42 Å². The molecule has 1 amide bonds. The monoisotopic (exact) mass is 272 g/mol. The molecule has 0 aliphatic rings. The van der Waals surface area contributed by atoms with E-state index in [4.69, 9.17) is 16.9 Å². The van der Waals surface area contributed by atoms with Crippen molar-refractivity contribution < 1.29 is 13.6 Å². The standard InChI is InChI=1S/C12H11ClF2N2O/c1-2-7(3-4-16)17-12(18)8-5-11(15)9(13)6-10(8)14/h5-7H,2-3H2,1H3,(H,17,18). The summed E-state index contributed by atoms with van der Waals surface area (Å²) in [6, 6.07) is 3.01. The largest absolute Gasteiger partial charge is 0.348 e. The summed E-state index contributed by atoms with van der Waals surface area (Å²) < 4.78 is 26.6. The fourth-order valence-electron chi connectivity index (χ4n) is 1.37. The number of carbonyl (C=O) groups is 1. The number of nitriles is 1. The van der Waals surface area contributed by atoms with Crippen LogP contribution in [-0.4, -0.2) is 11.9 Å².